The first-order chi connectivity index (χ1) is 9.75. The molecule has 1 aromatic carbocycles. The average Bonchev–Trinajstić information content (AvgIpc) is 2.37. The molecule has 0 aliphatic carbocycles. The highest BCUT2D eigenvalue weighted by atomic mass is 32.2. The zero-order valence-electron chi connectivity index (χ0n) is 10.3. The Morgan fingerprint density at radius 3 is 2.29 bits per heavy atom. The van der Waals surface area contributed by atoms with Crippen molar-refractivity contribution < 1.29 is 26.3 Å². The maximum Gasteiger partial charge on any atom is 0.433 e. The van der Waals surface area contributed by atoms with Gasteiger partial charge in [0, 0.05) is 5.56 Å². The van der Waals surface area contributed by atoms with Crippen molar-refractivity contribution in [2.45, 2.75) is 11.9 Å². The summed E-state index contributed by atoms with van der Waals surface area (Å²) < 4.78 is 70.6. The van der Waals surface area contributed by atoms with Crippen LogP contribution in [0.3, 0.4) is 0 Å². The Balaban J connectivity index is 2.54. The van der Waals surface area contributed by atoms with Crippen molar-refractivity contribution in [1.82, 2.24) is 9.97 Å². The van der Waals surface area contributed by atoms with Crippen LogP contribution in [0.25, 0.3) is 11.3 Å². The van der Waals surface area contributed by atoms with Crippen molar-refractivity contribution in [3.05, 3.63) is 47.7 Å². The van der Waals surface area contributed by atoms with E-state index in [1.165, 1.54) is 12.1 Å². The Morgan fingerprint density at radius 2 is 1.76 bits per heavy atom. The number of aromatic nitrogens is 2. The van der Waals surface area contributed by atoms with Crippen LogP contribution in [0.5, 0.6) is 0 Å². The topological polar surface area (TPSA) is 63.1 Å². The van der Waals surface area contributed by atoms with E-state index >= 15 is 0 Å². The molecule has 0 bridgehead atoms. The van der Waals surface area contributed by atoms with Gasteiger partial charge in [0.1, 0.15) is 23.1 Å². The second-order valence-electron chi connectivity index (χ2n) is 4.03. The Kier molecular flexibility index (Phi) is 4.33. The first-order valence-electron chi connectivity index (χ1n) is 5.54. The third-order valence-corrected chi connectivity index (χ3v) is 2.96. The van der Waals surface area contributed by atoms with Gasteiger partial charge >= 0.3 is 6.18 Å². The minimum Gasteiger partial charge on any atom is -0.306 e. The van der Waals surface area contributed by atoms with E-state index in [9.17, 15) is 21.8 Å². The number of nitrogens with zero attached hydrogens (tertiary/aromatic N) is 2. The van der Waals surface area contributed by atoms with Gasteiger partial charge in [0.15, 0.2) is 11.1 Å². The van der Waals surface area contributed by atoms with Gasteiger partial charge in [0.25, 0.3) is 0 Å². The smallest absolute Gasteiger partial charge is 0.306 e. The Hall–Kier alpha value is -1.87. The van der Waals surface area contributed by atoms with Crippen molar-refractivity contribution >= 4 is 11.1 Å². The molecule has 2 rings (SSSR count). The van der Waals surface area contributed by atoms with E-state index in [0.29, 0.717) is 6.07 Å². The quantitative estimate of drug-likeness (QED) is 0.697. The highest BCUT2D eigenvalue weighted by Gasteiger charge is 2.33. The monoisotopic (exact) mass is 320 g/mol. The summed E-state index contributed by atoms with van der Waals surface area (Å²) in [7, 11) is 0. The fourth-order valence-corrected chi connectivity index (χ4v) is 1.94. The predicted octanol–water partition coefficient (Wildman–Crippen LogP) is 3.02. The molecular formula is C12H8F4N2O2S. The molecule has 1 heterocycles. The maximum absolute atomic E-state index is 12.8. The van der Waals surface area contributed by atoms with E-state index in [1.54, 1.807) is 0 Å². The highest BCUT2D eigenvalue weighted by Crippen LogP contribution is 2.30. The van der Waals surface area contributed by atoms with Gasteiger partial charge in [-0.1, -0.05) is 0 Å². The van der Waals surface area contributed by atoms with Gasteiger partial charge in [-0.05, 0) is 30.3 Å². The first-order valence-corrected chi connectivity index (χ1v) is 6.82. The summed E-state index contributed by atoms with van der Waals surface area (Å²) in [4.78, 5) is 7.03. The molecule has 0 radical (unpaired) electrons. The summed E-state index contributed by atoms with van der Waals surface area (Å²) in [5, 5.41) is 0. The molecule has 21 heavy (non-hydrogen) atoms. The van der Waals surface area contributed by atoms with Gasteiger partial charge in [0.2, 0.25) is 0 Å². The molecule has 112 valence electrons. The second kappa shape index (κ2) is 5.86. The lowest BCUT2D eigenvalue weighted by Crippen LogP contribution is -2.12. The zero-order valence-corrected chi connectivity index (χ0v) is 11.1. The van der Waals surface area contributed by atoms with E-state index in [4.69, 9.17) is 4.55 Å². The molecule has 1 N–H and O–H groups in total. The number of hydrogen-bond donors (Lipinski definition) is 1. The third-order valence-electron chi connectivity index (χ3n) is 2.46. The van der Waals surface area contributed by atoms with Crippen molar-refractivity contribution in [1.29, 1.82) is 0 Å². The molecule has 0 fully saturated rings. The normalized spacial score (nSPS) is 13.2. The molecule has 1 aromatic heterocycles. The van der Waals surface area contributed by atoms with Crippen LogP contribution in [-0.4, -0.2) is 18.7 Å². The number of hydrogen-bond acceptors (Lipinski definition) is 3. The fraction of sp³-hybridized carbons (Fsp3) is 0.167. The second-order valence-corrected chi connectivity index (χ2v) is 4.96. The first kappa shape index (κ1) is 15.5. The SMILES string of the molecule is O=S(O)Cc1nc(-c2ccc(F)cc2)cc(C(F)(F)F)n1. The van der Waals surface area contributed by atoms with E-state index in [-0.39, 0.29) is 11.3 Å². The molecule has 1 atom stereocenters. The van der Waals surface area contributed by atoms with Crippen LogP contribution in [0.4, 0.5) is 17.6 Å². The van der Waals surface area contributed by atoms with Gasteiger partial charge in [-0.2, -0.15) is 13.2 Å². The summed E-state index contributed by atoms with van der Waals surface area (Å²) in [6.45, 7) is 0. The van der Waals surface area contributed by atoms with Gasteiger partial charge in [-0.15, -0.1) is 0 Å². The molecule has 0 saturated heterocycles. The Morgan fingerprint density at radius 1 is 1.14 bits per heavy atom. The summed E-state index contributed by atoms with van der Waals surface area (Å²) in [5.74, 6) is -1.58. The van der Waals surface area contributed by atoms with E-state index in [2.05, 4.69) is 9.97 Å². The van der Waals surface area contributed by atoms with Crippen molar-refractivity contribution in [2.24, 2.45) is 0 Å². The molecule has 0 saturated carbocycles. The molecule has 0 spiro atoms. The summed E-state index contributed by atoms with van der Waals surface area (Å²) in [5.41, 5.74) is -1.08. The van der Waals surface area contributed by atoms with Crippen LogP contribution in [-0.2, 0) is 23.0 Å². The van der Waals surface area contributed by atoms with Crippen LogP contribution in [0.1, 0.15) is 11.5 Å². The average molecular weight is 320 g/mol. The number of halogens is 4. The lowest BCUT2D eigenvalue weighted by molar-refractivity contribution is -0.141. The fourth-order valence-electron chi connectivity index (χ4n) is 1.59. The van der Waals surface area contributed by atoms with E-state index < -0.39 is 40.3 Å². The van der Waals surface area contributed by atoms with Crippen molar-refractivity contribution in [3.8, 4) is 11.3 Å². The molecule has 0 aliphatic heterocycles. The standard InChI is InChI=1S/C12H8F4N2O2S/c13-8-3-1-7(2-4-8)9-5-10(12(14,15)16)18-11(17-9)6-21(19)20/h1-5H,6H2,(H,19,20). The lowest BCUT2D eigenvalue weighted by Gasteiger charge is -2.10. The Bertz CT molecular complexity index is 674. The number of benzene rings is 1. The zero-order chi connectivity index (χ0) is 15.6. The minimum absolute atomic E-state index is 0.0993. The molecule has 0 aliphatic rings. The van der Waals surface area contributed by atoms with Crippen LogP contribution >= 0.6 is 0 Å². The van der Waals surface area contributed by atoms with E-state index in [0.717, 1.165) is 12.1 Å². The van der Waals surface area contributed by atoms with Crippen LogP contribution < -0.4 is 0 Å². The molecule has 2 aromatic rings. The summed E-state index contributed by atoms with van der Waals surface area (Å²) in [6, 6.07) is 5.38. The molecule has 1 unspecified atom stereocenters. The third kappa shape index (κ3) is 4.05. The molecule has 4 nitrogen and oxygen atoms in total. The number of alkyl halides is 3. The Labute approximate surface area is 119 Å². The maximum atomic E-state index is 12.8. The van der Waals surface area contributed by atoms with Gasteiger partial charge < -0.3 is 4.55 Å². The summed E-state index contributed by atoms with van der Waals surface area (Å²) >= 11 is -2.37. The van der Waals surface area contributed by atoms with Crippen molar-refractivity contribution in [2.75, 3.05) is 0 Å². The van der Waals surface area contributed by atoms with Gasteiger partial charge in [0.05, 0.1) is 5.69 Å². The van der Waals surface area contributed by atoms with Gasteiger partial charge in [-0.3, -0.25) is 0 Å². The number of rotatable bonds is 3. The van der Waals surface area contributed by atoms with E-state index in [1.807, 2.05) is 0 Å². The van der Waals surface area contributed by atoms with Crippen molar-refractivity contribution in [3.63, 3.8) is 0 Å². The van der Waals surface area contributed by atoms with Crippen LogP contribution in [0.15, 0.2) is 30.3 Å². The minimum atomic E-state index is -4.72. The molecule has 9 heteroatoms. The lowest BCUT2D eigenvalue weighted by atomic mass is 10.1. The highest BCUT2D eigenvalue weighted by molar-refractivity contribution is 7.78. The van der Waals surface area contributed by atoms with Crippen LogP contribution in [0, 0.1) is 5.82 Å². The van der Waals surface area contributed by atoms with Crippen LogP contribution in [0.2, 0.25) is 0 Å². The summed E-state index contributed by atoms with van der Waals surface area (Å²) in [6.07, 6.45) is -4.72. The molecular weight excluding hydrogens is 312 g/mol. The largest absolute Gasteiger partial charge is 0.433 e. The van der Waals surface area contributed by atoms with Gasteiger partial charge in [-0.25, -0.2) is 18.6 Å². The predicted molar refractivity (Wildman–Crippen MR) is 66.9 cm³/mol. The molecule has 0 amide bonds.